The van der Waals surface area contributed by atoms with E-state index in [1.165, 1.54) is 114 Å². The lowest BCUT2D eigenvalue weighted by atomic mass is 10.1. The maximum Gasteiger partial charge on any atom is -0.00258 e. The largest absolute Gasteiger partial charge is 0.0808 e. The Morgan fingerprint density at radius 2 is 0.405 bits per heavy atom. The molecule has 0 bridgehead atoms. The Hall–Kier alpha value is -7.28. The van der Waals surface area contributed by atoms with Crippen LogP contribution in [0.15, 0.2) is 279 Å². The summed E-state index contributed by atoms with van der Waals surface area (Å²) in [6, 6.07) is 77.4. The van der Waals surface area contributed by atoms with Gasteiger partial charge in [0.05, 0.1) is 0 Å². The van der Waals surface area contributed by atoms with Crippen LogP contribution in [0.1, 0.15) is 379 Å². The van der Waals surface area contributed by atoms with Gasteiger partial charge in [-0.15, -0.1) is 0 Å². The van der Waals surface area contributed by atoms with Crippen molar-refractivity contribution in [1.82, 2.24) is 0 Å². The van der Waals surface area contributed by atoms with Crippen molar-refractivity contribution in [2.75, 3.05) is 0 Å². The van der Waals surface area contributed by atoms with Gasteiger partial charge in [-0.1, -0.05) is 618 Å². The van der Waals surface area contributed by atoms with E-state index in [0.29, 0.717) is 0 Å². The van der Waals surface area contributed by atoms with Crippen LogP contribution in [-0.4, -0.2) is 0 Å². The fourth-order valence-corrected chi connectivity index (χ4v) is 8.27. The van der Waals surface area contributed by atoms with Gasteiger partial charge in [0, 0.05) is 0 Å². The summed E-state index contributed by atoms with van der Waals surface area (Å²) in [5.74, 6) is 0. The molecule has 0 radical (unpaired) electrons. The van der Waals surface area contributed by atoms with Crippen LogP contribution in [0.5, 0.6) is 0 Å². The Morgan fingerprint density at radius 1 is 0.207 bits per heavy atom. The fraction of sp³-hybridized carbons (Fsp3) is 0.495. The molecule has 13 rings (SSSR count). The van der Waals surface area contributed by atoms with E-state index in [-0.39, 0.29) is 0 Å². The lowest BCUT2D eigenvalue weighted by Gasteiger charge is -2.00. The van der Waals surface area contributed by atoms with Crippen LogP contribution in [0.4, 0.5) is 0 Å². The maximum absolute atomic E-state index is 2.20. The first-order chi connectivity index (χ1) is 55.1. The topological polar surface area (TPSA) is 0 Å². The molecule has 2 fully saturated rings. The van der Waals surface area contributed by atoms with E-state index in [0.717, 1.165) is 38.5 Å². The number of fused-ring (bicyclic) bond motifs is 2. The standard InChI is InChI=1S/C13H12.C10H8.C9H8.2C8H10.C7H8.2C5H10.2C5H6.18C2H6/c1-3-7-12(8-4-1)11-13-9-5-2-6-10-13;1-2-6-10-8-4-3-7-9(10)5-1;1-2-5-9-7-3-6-8(9)4-1;2*1-2-8-6-4-3-5-7-8;1-7-5-3-2-4-6-7;4*1-2-4-5-3-1;18*1-2/h1-10H,11H2;1-8H;1-6H,7H2;2*3-7H,2H2,1H3;2-6H,1H3;2*1-5H2;2*1-4H,5H2;18*1-2H3. The Kier molecular flexibility index (Phi) is 195. The highest BCUT2D eigenvalue weighted by Gasteiger charge is 2.00. The molecule has 0 heteroatoms. The maximum atomic E-state index is 2.20. The van der Waals surface area contributed by atoms with Gasteiger partial charge in [0.1, 0.15) is 0 Å². The zero-order valence-corrected chi connectivity index (χ0v) is 81.9. The monoisotopic (exact) mass is 1530 g/mol. The molecule has 2 saturated carbocycles. The van der Waals surface area contributed by atoms with E-state index in [1.807, 2.05) is 280 Å². The summed E-state index contributed by atoms with van der Waals surface area (Å²) in [7, 11) is 0. The molecule has 0 aromatic heterocycles. The summed E-state index contributed by atoms with van der Waals surface area (Å²) in [6.45, 7) is 78.4. The lowest BCUT2D eigenvalue weighted by molar-refractivity contribution is 0.886. The predicted molar refractivity (Wildman–Crippen MR) is 538 cm³/mol. The Labute approximate surface area is 703 Å². The number of rotatable bonds is 4. The summed E-state index contributed by atoms with van der Waals surface area (Å²) in [5, 5.41) is 2.62. The Morgan fingerprint density at radius 3 is 0.586 bits per heavy atom. The molecule has 0 atom stereocenters. The average molecular weight is 1530 g/mol. The Bertz CT molecular complexity index is 2490. The molecule has 0 spiro atoms. The van der Waals surface area contributed by atoms with Crippen LogP contribution >= 0.6 is 0 Å². The number of hydrogen-bond acceptors (Lipinski definition) is 0. The van der Waals surface area contributed by atoms with Crippen molar-refractivity contribution in [2.24, 2.45) is 0 Å². The van der Waals surface area contributed by atoms with Gasteiger partial charge in [-0.05, 0) is 89.6 Å². The number of aryl methyl sites for hydroxylation is 3. The van der Waals surface area contributed by atoms with Crippen molar-refractivity contribution in [3.8, 4) is 0 Å². The van der Waals surface area contributed by atoms with E-state index >= 15 is 0 Å². The van der Waals surface area contributed by atoms with Crippen molar-refractivity contribution in [1.29, 1.82) is 0 Å². The second kappa shape index (κ2) is 155. The second-order valence-electron chi connectivity index (χ2n) is 18.9. The molecule has 0 N–H and O–H groups in total. The molecule has 5 aliphatic rings. The van der Waals surface area contributed by atoms with Crippen LogP contribution in [0.25, 0.3) is 16.8 Å². The van der Waals surface area contributed by atoms with Crippen molar-refractivity contribution in [2.45, 2.75) is 373 Å². The molecule has 8 aromatic carbocycles. The number of hydrogen-bond donors (Lipinski definition) is 0. The smallest absolute Gasteiger partial charge is 0.00258 e. The Balaban J connectivity index is -0.0000000684. The van der Waals surface area contributed by atoms with Gasteiger partial charge in [0.25, 0.3) is 0 Å². The molecule has 0 nitrogen and oxygen atoms in total. The molecule has 0 unspecified atom stereocenters. The van der Waals surface area contributed by atoms with Crippen molar-refractivity contribution >= 4 is 16.8 Å². The summed E-state index contributed by atoms with van der Waals surface area (Å²) in [6.07, 6.45) is 42.8. The predicted octanol–water partition coefficient (Wildman–Crippen LogP) is 40.2. The zero-order valence-electron chi connectivity index (χ0n) is 81.9. The van der Waals surface area contributed by atoms with Crippen LogP contribution in [-0.2, 0) is 25.7 Å². The van der Waals surface area contributed by atoms with Gasteiger partial charge < -0.3 is 0 Å². The highest BCUT2D eigenvalue weighted by Crippen LogP contribution is 2.18. The van der Waals surface area contributed by atoms with E-state index in [9.17, 15) is 0 Å². The summed E-state index contributed by atoms with van der Waals surface area (Å²) < 4.78 is 0. The normalized spacial score (nSPS) is 9.76. The zero-order chi connectivity index (χ0) is 88.7. The van der Waals surface area contributed by atoms with Crippen LogP contribution in [0.3, 0.4) is 0 Å². The van der Waals surface area contributed by atoms with E-state index in [2.05, 4.69) is 276 Å². The first-order valence-corrected chi connectivity index (χ1v) is 46.1. The van der Waals surface area contributed by atoms with Crippen LogP contribution in [0, 0.1) is 6.92 Å². The molecule has 640 valence electrons. The quantitative estimate of drug-likeness (QED) is 0.165. The van der Waals surface area contributed by atoms with Gasteiger partial charge in [-0.25, -0.2) is 0 Å². The minimum atomic E-state index is 1.03. The van der Waals surface area contributed by atoms with Crippen LogP contribution in [0.2, 0.25) is 0 Å². The molecule has 0 heterocycles. The summed E-state index contributed by atoms with van der Waals surface area (Å²) >= 11 is 0. The SMILES string of the molecule is C1=CCC=C1.C1=CCC=C1.C1=Cc2ccccc2C1.C1CCCC1.C1CCCC1.CC.CC.CC.CC.CC.CC.CC.CC.CC.CC.CC.CC.CC.CC.CC.CC.CC.CC.CCc1ccccc1.CCc1ccccc1.Cc1ccccc1.c1ccc(Cc2ccccc2)cc1.c1ccc2ccccc2c1. The van der Waals surface area contributed by atoms with Crippen LogP contribution < -0.4 is 0 Å². The third-order valence-electron chi connectivity index (χ3n) is 12.7. The van der Waals surface area contributed by atoms with Gasteiger partial charge >= 0.3 is 0 Å². The van der Waals surface area contributed by atoms with Crippen molar-refractivity contribution < 1.29 is 0 Å². The fourth-order valence-electron chi connectivity index (χ4n) is 8.27. The second-order valence-corrected chi connectivity index (χ2v) is 18.9. The molecular formula is C111H196. The number of benzene rings is 8. The third kappa shape index (κ3) is 114. The molecule has 8 aromatic rings. The first kappa shape index (κ1) is 139. The van der Waals surface area contributed by atoms with Gasteiger partial charge in [-0.2, -0.15) is 0 Å². The summed E-state index contributed by atoms with van der Waals surface area (Å²) in [4.78, 5) is 0. The van der Waals surface area contributed by atoms with E-state index in [4.69, 9.17) is 0 Å². The van der Waals surface area contributed by atoms with Gasteiger partial charge in [0.15, 0.2) is 0 Å². The molecule has 111 heavy (non-hydrogen) atoms. The first-order valence-electron chi connectivity index (χ1n) is 46.1. The van der Waals surface area contributed by atoms with Gasteiger partial charge in [0.2, 0.25) is 0 Å². The molecular weight excluding hydrogens is 1330 g/mol. The summed E-state index contributed by atoms with van der Waals surface area (Å²) in [5.41, 5.74) is 9.72. The highest BCUT2D eigenvalue weighted by atomic mass is 14.1. The molecule has 0 amide bonds. The minimum absolute atomic E-state index is 1.03. The molecule has 5 aliphatic carbocycles. The van der Waals surface area contributed by atoms with Crippen molar-refractivity contribution in [3.63, 3.8) is 0 Å². The minimum Gasteiger partial charge on any atom is -0.0808 e. The van der Waals surface area contributed by atoms with Gasteiger partial charge in [-0.3, -0.25) is 0 Å². The number of allylic oxidation sites excluding steroid dienone is 9. The molecule has 0 saturated heterocycles. The highest BCUT2D eigenvalue weighted by molar-refractivity contribution is 5.82. The van der Waals surface area contributed by atoms with Crippen molar-refractivity contribution in [3.05, 3.63) is 318 Å². The van der Waals surface area contributed by atoms with E-state index in [1.54, 1.807) is 0 Å². The third-order valence-corrected chi connectivity index (χ3v) is 12.7. The van der Waals surface area contributed by atoms with E-state index < -0.39 is 0 Å². The molecule has 0 aliphatic heterocycles. The lowest BCUT2D eigenvalue weighted by Crippen LogP contribution is -1.85. The average Bonchev–Trinajstić information content (AvgIpc) is 1.84.